The van der Waals surface area contributed by atoms with E-state index in [4.69, 9.17) is 4.74 Å². The van der Waals surface area contributed by atoms with Crippen molar-refractivity contribution in [2.24, 2.45) is 0 Å². The molecule has 1 heteroatoms. The smallest absolute Gasteiger partial charge is 0.0751 e. The van der Waals surface area contributed by atoms with Crippen molar-refractivity contribution in [3.63, 3.8) is 0 Å². The van der Waals surface area contributed by atoms with E-state index in [1.165, 1.54) is 6.42 Å². The van der Waals surface area contributed by atoms with Gasteiger partial charge in [-0.1, -0.05) is 12.2 Å². The van der Waals surface area contributed by atoms with Crippen LogP contribution in [0.5, 0.6) is 0 Å². The Hall–Kier alpha value is -0.560. The predicted octanol–water partition coefficient (Wildman–Crippen LogP) is 2.69. The van der Waals surface area contributed by atoms with Gasteiger partial charge in [-0.05, 0) is 25.7 Å². The monoisotopic (exact) mass is 152 g/mol. The highest BCUT2D eigenvalue weighted by atomic mass is 16.5. The van der Waals surface area contributed by atoms with E-state index in [9.17, 15) is 0 Å². The number of rotatable bonds is 4. The van der Waals surface area contributed by atoms with Gasteiger partial charge in [-0.3, -0.25) is 0 Å². The van der Waals surface area contributed by atoms with Gasteiger partial charge in [-0.25, -0.2) is 0 Å². The molecule has 0 aromatic carbocycles. The summed E-state index contributed by atoms with van der Waals surface area (Å²) in [7, 11) is 0. The van der Waals surface area contributed by atoms with E-state index >= 15 is 0 Å². The molecule has 1 heterocycles. The number of hydrogen-bond donors (Lipinski definition) is 0. The van der Waals surface area contributed by atoms with Crippen LogP contribution in [0, 0.1) is 0 Å². The van der Waals surface area contributed by atoms with Crippen molar-refractivity contribution in [3.05, 3.63) is 25.3 Å². The van der Waals surface area contributed by atoms with E-state index in [1.54, 1.807) is 0 Å². The lowest BCUT2D eigenvalue weighted by Gasteiger charge is -2.25. The Kier molecular flexibility index (Phi) is 2.89. The third-order valence-corrected chi connectivity index (χ3v) is 2.22. The zero-order valence-electron chi connectivity index (χ0n) is 7.01. The third-order valence-electron chi connectivity index (χ3n) is 2.22. The van der Waals surface area contributed by atoms with Crippen molar-refractivity contribution in [3.8, 4) is 0 Å². The minimum atomic E-state index is 0.0590. The molecule has 0 radical (unpaired) electrons. The highest BCUT2D eigenvalue weighted by Crippen LogP contribution is 2.32. The Labute approximate surface area is 68.8 Å². The second-order valence-corrected chi connectivity index (χ2v) is 3.12. The van der Waals surface area contributed by atoms with Gasteiger partial charge in [0.05, 0.1) is 5.60 Å². The average molecular weight is 152 g/mol. The molecular formula is C10H16O. The molecule has 62 valence electrons. The van der Waals surface area contributed by atoms with Gasteiger partial charge >= 0.3 is 0 Å². The van der Waals surface area contributed by atoms with Crippen molar-refractivity contribution in [1.82, 2.24) is 0 Å². The Morgan fingerprint density at radius 2 is 1.91 bits per heavy atom. The van der Waals surface area contributed by atoms with Crippen LogP contribution in [-0.4, -0.2) is 12.2 Å². The van der Waals surface area contributed by atoms with Crippen molar-refractivity contribution in [2.75, 3.05) is 6.61 Å². The lowest BCUT2D eigenvalue weighted by atomic mass is 9.92. The molecule has 0 bridgehead atoms. The summed E-state index contributed by atoms with van der Waals surface area (Å²) >= 11 is 0. The summed E-state index contributed by atoms with van der Waals surface area (Å²) in [5.41, 5.74) is 0.0590. The van der Waals surface area contributed by atoms with Crippen LogP contribution in [0.1, 0.15) is 25.7 Å². The Balaban J connectivity index is 2.53. The maximum Gasteiger partial charge on any atom is 0.0751 e. The van der Waals surface area contributed by atoms with Gasteiger partial charge in [0.25, 0.3) is 0 Å². The molecule has 1 aliphatic heterocycles. The van der Waals surface area contributed by atoms with E-state index in [0.29, 0.717) is 0 Å². The molecule has 1 rings (SSSR count). The van der Waals surface area contributed by atoms with Crippen molar-refractivity contribution in [1.29, 1.82) is 0 Å². The first-order valence-corrected chi connectivity index (χ1v) is 4.19. The van der Waals surface area contributed by atoms with Crippen molar-refractivity contribution in [2.45, 2.75) is 31.3 Å². The summed E-state index contributed by atoms with van der Waals surface area (Å²) in [6.07, 6.45) is 8.13. The highest BCUT2D eigenvalue weighted by molar-refractivity contribution is 4.95. The summed E-state index contributed by atoms with van der Waals surface area (Å²) in [6, 6.07) is 0. The average Bonchev–Trinajstić information content (AvgIpc) is 2.39. The van der Waals surface area contributed by atoms with Crippen LogP contribution in [0.25, 0.3) is 0 Å². The van der Waals surface area contributed by atoms with Crippen LogP contribution >= 0.6 is 0 Å². The summed E-state index contributed by atoms with van der Waals surface area (Å²) in [6.45, 7) is 8.38. The molecule has 1 nitrogen and oxygen atoms in total. The molecule has 0 aromatic rings. The Morgan fingerprint density at radius 3 is 2.27 bits per heavy atom. The van der Waals surface area contributed by atoms with Gasteiger partial charge in [0.1, 0.15) is 0 Å². The van der Waals surface area contributed by atoms with Gasteiger partial charge in [0, 0.05) is 6.61 Å². The van der Waals surface area contributed by atoms with Crippen molar-refractivity contribution < 1.29 is 4.74 Å². The van der Waals surface area contributed by atoms with Crippen LogP contribution in [0.3, 0.4) is 0 Å². The SMILES string of the molecule is C=CCC1(CC=C)CCCO1. The van der Waals surface area contributed by atoms with Crippen LogP contribution in [0.15, 0.2) is 25.3 Å². The Morgan fingerprint density at radius 1 is 1.27 bits per heavy atom. The molecule has 0 N–H and O–H groups in total. The molecule has 0 aromatic heterocycles. The maximum atomic E-state index is 5.68. The topological polar surface area (TPSA) is 9.23 Å². The molecule has 1 saturated heterocycles. The van der Waals surface area contributed by atoms with E-state index in [0.717, 1.165) is 25.9 Å². The molecule has 1 aliphatic rings. The van der Waals surface area contributed by atoms with Gasteiger partial charge < -0.3 is 4.74 Å². The first-order chi connectivity index (χ1) is 5.33. The first kappa shape index (κ1) is 8.54. The summed E-state index contributed by atoms with van der Waals surface area (Å²) in [5, 5.41) is 0. The fourth-order valence-electron chi connectivity index (χ4n) is 1.69. The van der Waals surface area contributed by atoms with E-state index < -0.39 is 0 Å². The minimum Gasteiger partial charge on any atom is -0.374 e. The molecule has 0 aliphatic carbocycles. The molecular weight excluding hydrogens is 136 g/mol. The van der Waals surface area contributed by atoms with Gasteiger partial charge in [0.15, 0.2) is 0 Å². The zero-order chi connectivity index (χ0) is 8.16. The Bertz CT molecular complexity index is 131. The normalized spacial score (nSPS) is 21.5. The lowest BCUT2D eigenvalue weighted by molar-refractivity contribution is 0.00939. The molecule has 11 heavy (non-hydrogen) atoms. The van der Waals surface area contributed by atoms with E-state index in [1.807, 2.05) is 12.2 Å². The summed E-state index contributed by atoms with van der Waals surface area (Å²) in [5.74, 6) is 0. The summed E-state index contributed by atoms with van der Waals surface area (Å²) < 4.78 is 5.68. The van der Waals surface area contributed by atoms with Crippen LogP contribution in [0.2, 0.25) is 0 Å². The van der Waals surface area contributed by atoms with Gasteiger partial charge in [-0.2, -0.15) is 0 Å². The lowest BCUT2D eigenvalue weighted by Crippen LogP contribution is -2.25. The molecule has 0 amide bonds. The van der Waals surface area contributed by atoms with E-state index in [-0.39, 0.29) is 5.60 Å². The first-order valence-electron chi connectivity index (χ1n) is 4.19. The standard InChI is InChI=1S/C10H16O/c1-3-6-10(7-4-2)8-5-9-11-10/h3-4H,1-2,5-9H2. The highest BCUT2D eigenvalue weighted by Gasteiger charge is 2.31. The minimum absolute atomic E-state index is 0.0590. The van der Waals surface area contributed by atoms with Crippen molar-refractivity contribution >= 4 is 0 Å². The second-order valence-electron chi connectivity index (χ2n) is 3.12. The van der Waals surface area contributed by atoms with E-state index in [2.05, 4.69) is 13.2 Å². The number of hydrogen-bond acceptors (Lipinski definition) is 1. The molecule has 0 saturated carbocycles. The summed E-state index contributed by atoms with van der Waals surface area (Å²) in [4.78, 5) is 0. The molecule has 0 spiro atoms. The van der Waals surface area contributed by atoms with Crippen LogP contribution in [0.4, 0.5) is 0 Å². The zero-order valence-corrected chi connectivity index (χ0v) is 7.01. The molecule has 0 unspecified atom stereocenters. The number of ether oxygens (including phenoxy) is 1. The van der Waals surface area contributed by atoms with Gasteiger partial charge in [-0.15, -0.1) is 13.2 Å². The third kappa shape index (κ3) is 1.93. The van der Waals surface area contributed by atoms with Gasteiger partial charge in [0.2, 0.25) is 0 Å². The van der Waals surface area contributed by atoms with Crippen LogP contribution < -0.4 is 0 Å². The fourth-order valence-corrected chi connectivity index (χ4v) is 1.69. The predicted molar refractivity (Wildman–Crippen MR) is 47.5 cm³/mol. The fraction of sp³-hybridized carbons (Fsp3) is 0.600. The van der Waals surface area contributed by atoms with Crippen LogP contribution in [-0.2, 0) is 4.74 Å². The quantitative estimate of drug-likeness (QED) is 0.563. The molecule has 1 fully saturated rings. The largest absolute Gasteiger partial charge is 0.374 e. The second kappa shape index (κ2) is 3.72. The molecule has 0 atom stereocenters. The maximum absolute atomic E-state index is 5.68.